The van der Waals surface area contributed by atoms with Crippen molar-refractivity contribution in [3.8, 4) is 11.3 Å². The molecule has 0 spiro atoms. The number of rotatable bonds is 3. The van der Waals surface area contributed by atoms with Crippen LogP contribution in [0.5, 0.6) is 0 Å². The lowest BCUT2D eigenvalue weighted by Gasteiger charge is -2.20. The van der Waals surface area contributed by atoms with E-state index in [-0.39, 0.29) is 17.8 Å². The molecule has 3 atom stereocenters. The van der Waals surface area contributed by atoms with Gasteiger partial charge < -0.3 is 15.1 Å². The van der Waals surface area contributed by atoms with Crippen LogP contribution in [-0.4, -0.2) is 29.0 Å². The molecule has 1 aromatic heterocycles. The minimum Gasteiger partial charge on any atom is -0.432 e. The SMILES string of the molecule is O=C(N[C@@H]1C[C@H]2CC[C@@H]1N2)c1ncc(-c2ccccc2)o1. The van der Waals surface area contributed by atoms with Crippen LogP contribution in [0.1, 0.15) is 29.9 Å². The molecule has 1 aromatic carbocycles. The van der Waals surface area contributed by atoms with E-state index in [9.17, 15) is 4.79 Å². The molecule has 2 N–H and O–H groups in total. The average molecular weight is 283 g/mol. The summed E-state index contributed by atoms with van der Waals surface area (Å²) >= 11 is 0. The van der Waals surface area contributed by atoms with Crippen LogP contribution >= 0.6 is 0 Å². The standard InChI is InChI=1S/C16H17N3O2/c20-15(19-13-8-11-6-7-12(13)18-11)16-17-9-14(21-16)10-4-2-1-3-5-10/h1-5,9,11-13,18H,6-8H2,(H,19,20)/t11-,12+,13-/m1/s1. The van der Waals surface area contributed by atoms with Gasteiger partial charge in [-0.25, -0.2) is 4.98 Å². The van der Waals surface area contributed by atoms with Crippen molar-refractivity contribution in [1.29, 1.82) is 0 Å². The summed E-state index contributed by atoms with van der Waals surface area (Å²) in [4.78, 5) is 16.3. The summed E-state index contributed by atoms with van der Waals surface area (Å²) in [5.41, 5.74) is 0.922. The summed E-state index contributed by atoms with van der Waals surface area (Å²) in [7, 11) is 0. The molecular weight excluding hydrogens is 266 g/mol. The van der Waals surface area contributed by atoms with Crippen molar-refractivity contribution in [2.75, 3.05) is 0 Å². The Morgan fingerprint density at radius 2 is 2.14 bits per heavy atom. The van der Waals surface area contributed by atoms with Crippen LogP contribution in [-0.2, 0) is 0 Å². The van der Waals surface area contributed by atoms with Crippen molar-refractivity contribution < 1.29 is 9.21 Å². The van der Waals surface area contributed by atoms with Gasteiger partial charge in [0.25, 0.3) is 5.89 Å². The van der Waals surface area contributed by atoms with Gasteiger partial charge in [0.15, 0.2) is 5.76 Å². The topological polar surface area (TPSA) is 67.2 Å². The Morgan fingerprint density at radius 1 is 1.29 bits per heavy atom. The van der Waals surface area contributed by atoms with Crippen LogP contribution in [0.2, 0.25) is 0 Å². The fourth-order valence-electron chi connectivity index (χ4n) is 3.33. The van der Waals surface area contributed by atoms with E-state index in [4.69, 9.17) is 4.42 Å². The van der Waals surface area contributed by atoms with Crippen LogP contribution in [0.15, 0.2) is 40.9 Å². The van der Waals surface area contributed by atoms with E-state index in [1.165, 1.54) is 6.42 Å². The van der Waals surface area contributed by atoms with Crippen molar-refractivity contribution in [3.05, 3.63) is 42.4 Å². The van der Waals surface area contributed by atoms with Gasteiger partial charge in [-0.3, -0.25) is 4.79 Å². The van der Waals surface area contributed by atoms with Gasteiger partial charge in [-0.1, -0.05) is 30.3 Å². The minimum absolute atomic E-state index is 0.136. The van der Waals surface area contributed by atoms with Gasteiger partial charge in [0.2, 0.25) is 0 Å². The second-order valence-electron chi connectivity index (χ2n) is 5.76. The molecule has 0 saturated carbocycles. The first-order chi connectivity index (χ1) is 10.3. The van der Waals surface area contributed by atoms with Crippen LogP contribution < -0.4 is 10.6 Å². The molecule has 21 heavy (non-hydrogen) atoms. The summed E-state index contributed by atoms with van der Waals surface area (Å²) in [6, 6.07) is 10.8. The van der Waals surface area contributed by atoms with Crippen molar-refractivity contribution in [2.45, 2.75) is 37.4 Å². The molecule has 2 saturated heterocycles. The molecule has 4 rings (SSSR count). The smallest absolute Gasteiger partial charge is 0.307 e. The fraction of sp³-hybridized carbons (Fsp3) is 0.375. The third kappa shape index (κ3) is 2.34. The quantitative estimate of drug-likeness (QED) is 0.903. The Kier molecular flexibility index (Phi) is 3.00. The number of hydrogen-bond donors (Lipinski definition) is 2. The lowest BCUT2D eigenvalue weighted by atomic mass is 9.95. The highest BCUT2D eigenvalue weighted by atomic mass is 16.4. The molecule has 2 bridgehead atoms. The Labute approximate surface area is 122 Å². The summed E-state index contributed by atoms with van der Waals surface area (Å²) in [5.74, 6) is 0.528. The van der Waals surface area contributed by atoms with Gasteiger partial charge in [-0.05, 0) is 19.3 Å². The van der Waals surface area contributed by atoms with Gasteiger partial charge >= 0.3 is 5.91 Å². The molecule has 0 radical (unpaired) electrons. The molecule has 5 heteroatoms. The fourth-order valence-corrected chi connectivity index (χ4v) is 3.33. The zero-order valence-corrected chi connectivity index (χ0v) is 11.6. The zero-order chi connectivity index (χ0) is 14.2. The number of benzene rings is 1. The zero-order valence-electron chi connectivity index (χ0n) is 11.6. The normalized spacial score (nSPS) is 27.0. The lowest BCUT2D eigenvalue weighted by Crippen LogP contribution is -2.43. The van der Waals surface area contributed by atoms with Crippen LogP contribution in [0.4, 0.5) is 0 Å². The van der Waals surface area contributed by atoms with Gasteiger partial charge in [0, 0.05) is 23.7 Å². The van der Waals surface area contributed by atoms with Crippen LogP contribution in [0, 0.1) is 0 Å². The number of carbonyl (C=O) groups excluding carboxylic acids is 1. The van der Waals surface area contributed by atoms with E-state index >= 15 is 0 Å². The number of carbonyl (C=O) groups is 1. The highest BCUT2D eigenvalue weighted by Gasteiger charge is 2.40. The number of fused-ring (bicyclic) bond motifs is 2. The molecule has 0 unspecified atom stereocenters. The summed E-state index contributed by atoms with van der Waals surface area (Å²) < 4.78 is 5.58. The molecule has 1 amide bonds. The van der Waals surface area contributed by atoms with Crippen molar-refractivity contribution >= 4 is 5.91 Å². The molecule has 5 nitrogen and oxygen atoms in total. The van der Waals surface area contributed by atoms with Crippen molar-refractivity contribution in [1.82, 2.24) is 15.6 Å². The first-order valence-corrected chi connectivity index (χ1v) is 7.38. The largest absolute Gasteiger partial charge is 0.432 e. The Balaban J connectivity index is 1.47. The summed E-state index contributed by atoms with van der Waals surface area (Å²) in [5, 5.41) is 6.53. The van der Waals surface area contributed by atoms with E-state index in [1.807, 2.05) is 30.3 Å². The number of amides is 1. The molecule has 2 fully saturated rings. The van der Waals surface area contributed by atoms with E-state index < -0.39 is 0 Å². The summed E-state index contributed by atoms with van der Waals surface area (Å²) in [6.45, 7) is 0. The van der Waals surface area contributed by atoms with Crippen LogP contribution in [0.3, 0.4) is 0 Å². The molecule has 2 aromatic rings. The van der Waals surface area contributed by atoms with E-state index in [1.54, 1.807) is 6.20 Å². The maximum atomic E-state index is 12.2. The highest BCUT2D eigenvalue weighted by molar-refractivity contribution is 5.90. The predicted molar refractivity (Wildman–Crippen MR) is 77.8 cm³/mol. The third-order valence-electron chi connectivity index (χ3n) is 4.37. The van der Waals surface area contributed by atoms with Gasteiger partial charge in [0.1, 0.15) is 0 Å². The molecular formula is C16H17N3O2. The number of aromatic nitrogens is 1. The number of hydrogen-bond acceptors (Lipinski definition) is 4. The van der Waals surface area contributed by atoms with Gasteiger partial charge in [-0.15, -0.1) is 0 Å². The van der Waals surface area contributed by atoms with E-state index in [2.05, 4.69) is 15.6 Å². The minimum atomic E-state index is -0.225. The lowest BCUT2D eigenvalue weighted by molar-refractivity contribution is 0.0896. The van der Waals surface area contributed by atoms with Gasteiger partial charge in [0.05, 0.1) is 6.20 Å². The number of oxazole rings is 1. The number of nitrogens with one attached hydrogen (secondary N) is 2. The average Bonchev–Trinajstić information content (AvgIpc) is 3.24. The number of nitrogens with zero attached hydrogens (tertiary/aromatic N) is 1. The molecule has 0 aliphatic carbocycles. The van der Waals surface area contributed by atoms with Crippen molar-refractivity contribution in [2.24, 2.45) is 0 Å². The Morgan fingerprint density at radius 3 is 2.86 bits per heavy atom. The second kappa shape index (κ2) is 5.00. The van der Waals surface area contributed by atoms with E-state index in [0.717, 1.165) is 18.4 Å². The van der Waals surface area contributed by atoms with Gasteiger partial charge in [-0.2, -0.15) is 0 Å². The molecule has 2 aliphatic rings. The first-order valence-electron chi connectivity index (χ1n) is 7.38. The highest BCUT2D eigenvalue weighted by Crippen LogP contribution is 2.28. The Bertz CT molecular complexity index is 653. The van der Waals surface area contributed by atoms with Crippen molar-refractivity contribution in [3.63, 3.8) is 0 Å². The molecule has 3 heterocycles. The third-order valence-corrected chi connectivity index (χ3v) is 4.37. The second-order valence-corrected chi connectivity index (χ2v) is 5.76. The molecule has 108 valence electrons. The van der Waals surface area contributed by atoms with E-state index in [0.29, 0.717) is 17.8 Å². The molecule has 2 aliphatic heterocycles. The predicted octanol–water partition coefficient (Wildman–Crippen LogP) is 1.96. The monoisotopic (exact) mass is 283 g/mol. The maximum Gasteiger partial charge on any atom is 0.307 e. The maximum absolute atomic E-state index is 12.2. The summed E-state index contributed by atoms with van der Waals surface area (Å²) in [6.07, 6.45) is 4.95. The Hall–Kier alpha value is -2.14. The van der Waals surface area contributed by atoms with Crippen LogP contribution in [0.25, 0.3) is 11.3 Å². The first kappa shape index (κ1) is 12.6.